The van der Waals surface area contributed by atoms with E-state index in [1.54, 1.807) is 11.1 Å². The van der Waals surface area contributed by atoms with Gasteiger partial charge in [-0.25, -0.2) is 0 Å². The molecule has 0 spiro atoms. The van der Waals surface area contributed by atoms with Gasteiger partial charge in [-0.1, -0.05) is 11.1 Å². The van der Waals surface area contributed by atoms with Crippen molar-refractivity contribution in [3.8, 4) is 0 Å². The summed E-state index contributed by atoms with van der Waals surface area (Å²) in [5, 5.41) is 2.55. The fourth-order valence-electron chi connectivity index (χ4n) is 2.11. The van der Waals surface area contributed by atoms with Crippen molar-refractivity contribution in [1.82, 2.24) is 10.2 Å². The zero-order valence-corrected chi connectivity index (χ0v) is 9.71. The molecule has 1 aliphatic heterocycles. The summed E-state index contributed by atoms with van der Waals surface area (Å²) in [6.07, 6.45) is 4.60. The minimum absolute atomic E-state index is 0.0371. The third-order valence-electron chi connectivity index (χ3n) is 3.21. The minimum Gasteiger partial charge on any atom is -0.347 e. The maximum absolute atomic E-state index is 11.7. The summed E-state index contributed by atoms with van der Waals surface area (Å²) in [7, 11) is 0. The number of allylic oxidation sites excluding steroid dienone is 1. The number of nitrogens with zero attached hydrogens (tertiary/aromatic N) is 1. The van der Waals surface area contributed by atoms with E-state index in [-0.39, 0.29) is 18.4 Å². The minimum atomic E-state index is -0.147. The molecule has 2 amide bonds. The summed E-state index contributed by atoms with van der Waals surface area (Å²) in [4.78, 5) is 24.2. The summed E-state index contributed by atoms with van der Waals surface area (Å²) < 4.78 is 0. The number of rotatable bonds is 2. The first-order valence-electron chi connectivity index (χ1n) is 5.89. The molecular formula is C12H18N2O2. The first kappa shape index (κ1) is 11.2. The molecule has 2 rings (SSSR count). The lowest BCUT2D eigenvalue weighted by molar-refractivity contribution is -0.132. The van der Waals surface area contributed by atoms with Gasteiger partial charge in [-0.15, -0.1) is 0 Å². The van der Waals surface area contributed by atoms with Crippen LogP contribution in [0.5, 0.6) is 0 Å². The largest absolute Gasteiger partial charge is 0.347 e. The lowest BCUT2D eigenvalue weighted by Crippen LogP contribution is -2.42. The van der Waals surface area contributed by atoms with Crippen LogP contribution in [0.3, 0.4) is 0 Å². The number of carbonyl (C=O) groups is 2. The Morgan fingerprint density at radius 3 is 2.19 bits per heavy atom. The fourth-order valence-corrected chi connectivity index (χ4v) is 2.11. The van der Waals surface area contributed by atoms with Crippen LogP contribution in [0.1, 0.15) is 32.6 Å². The van der Waals surface area contributed by atoms with Gasteiger partial charge in [0.2, 0.25) is 11.8 Å². The van der Waals surface area contributed by atoms with Crippen molar-refractivity contribution in [2.75, 3.05) is 19.6 Å². The molecule has 1 heterocycles. The van der Waals surface area contributed by atoms with Crippen molar-refractivity contribution >= 4 is 11.8 Å². The van der Waals surface area contributed by atoms with Crippen LogP contribution in [0.15, 0.2) is 11.1 Å². The van der Waals surface area contributed by atoms with Gasteiger partial charge < -0.3 is 10.2 Å². The maximum Gasteiger partial charge on any atom is 0.241 e. The number of piperidine rings is 1. The second-order valence-electron chi connectivity index (χ2n) is 4.50. The highest BCUT2D eigenvalue weighted by molar-refractivity contribution is 5.83. The highest BCUT2D eigenvalue weighted by Gasteiger charge is 2.24. The first-order valence-corrected chi connectivity index (χ1v) is 5.89. The third-order valence-corrected chi connectivity index (χ3v) is 3.21. The number of hydrogen-bond donors (Lipinski definition) is 1. The van der Waals surface area contributed by atoms with Gasteiger partial charge in [0.25, 0.3) is 0 Å². The fraction of sp³-hybridized carbons (Fsp3) is 0.667. The molecule has 2 fully saturated rings. The molecule has 1 N–H and O–H groups in total. The van der Waals surface area contributed by atoms with Crippen LogP contribution in [-0.4, -0.2) is 36.3 Å². The molecule has 0 aromatic rings. The van der Waals surface area contributed by atoms with E-state index in [9.17, 15) is 9.59 Å². The van der Waals surface area contributed by atoms with Gasteiger partial charge in [-0.3, -0.25) is 9.59 Å². The van der Waals surface area contributed by atoms with E-state index in [4.69, 9.17) is 0 Å². The Hall–Kier alpha value is -1.32. The molecule has 1 aliphatic carbocycles. The molecule has 0 atom stereocenters. The Balaban J connectivity index is 1.77. The van der Waals surface area contributed by atoms with Gasteiger partial charge in [0.05, 0.1) is 6.54 Å². The molecule has 0 radical (unpaired) electrons. The molecule has 4 nitrogen and oxygen atoms in total. The second-order valence-corrected chi connectivity index (χ2v) is 4.50. The van der Waals surface area contributed by atoms with Crippen LogP contribution in [0.4, 0.5) is 0 Å². The van der Waals surface area contributed by atoms with Crippen LogP contribution < -0.4 is 5.32 Å². The topological polar surface area (TPSA) is 49.4 Å². The lowest BCUT2D eigenvalue weighted by Gasteiger charge is -2.28. The zero-order valence-electron chi connectivity index (χ0n) is 9.71. The number of carbonyl (C=O) groups excluding carboxylic acids is 2. The van der Waals surface area contributed by atoms with E-state index in [0.29, 0.717) is 0 Å². The molecule has 88 valence electrons. The Morgan fingerprint density at radius 1 is 1.12 bits per heavy atom. The van der Waals surface area contributed by atoms with Crippen LogP contribution in [-0.2, 0) is 9.59 Å². The molecule has 0 aromatic carbocycles. The molecule has 0 bridgehead atoms. The smallest absolute Gasteiger partial charge is 0.241 e. The van der Waals surface area contributed by atoms with E-state index in [1.165, 1.54) is 19.8 Å². The average Bonchev–Trinajstić information content (AvgIpc) is 3.10. The molecule has 0 aromatic heterocycles. The average molecular weight is 222 g/mol. The van der Waals surface area contributed by atoms with Crippen molar-refractivity contribution in [2.24, 2.45) is 0 Å². The maximum atomic E-state index is 11.7. The van der Waals surface area contributed by atoms with E-state index in [1.807, 2.05) is 4.90 Å². The Kier molecular flexibility index (Phi) is 3.27. The molecule has 0 unspecified atom stereocenters. The summed E-state index contributed by atoms with van der Waals surface area (Å²) in [5.74, 6) is -0.110. The normalized spacial score (nSPS) is 19.7. The SMILES string of the molecule is CC(=O)NCC(=O)N1CCC(=C2CC2)CC1. The highest BCUT2D eigenvalue weighted by atomic mass is 16.2. The molecule has 4 heteroatoms. The predicted molar refractivity (Wildman–Crippen MR) is 60.8 cm³/mol. The third kappa shape index (κ3) is 2.84. The lowest BCUT2D eigenvalue weighted by atomic mass is 10.0. The Bertz CT molecular complexity index is 331. The van der Waals surface area contributed by atoms with Gasteiger partial charge in [0, 0.05) is 20.0 Å². The highest BCUT2D eigenvalue weighted by Crippen LogP contribution is 2.35. The Morgan fingerprint density at radius 2 is 1.69 bits per heavy atom. The quantitative estimate of drug-likeness (QED) is 0.704. The van der Waals surface area contributed by atoms with Crippen molar-refractivity contribution in [1.29, 1.82) is 0 Å². The number of hydrogen-bond acceptors (Lipinski definition) is 2. The van der Waals surface area contributed by atoms with E-state index >= 15 is 0 Å². The van der Waals surface area contributed by atoms with Crippen LogP contribution in [0.25, 0.3) is 0 Å². The summed E-state index contributed by atoms with van der Waals surface area (Å²) in [6.45, 7) is 3.20. The molecule has 16 heavy (non-hydrogen) atoms. The first-order chi connectivity index (χ1) is 7.66. The van der Waals surface area contributed by atoms with Crippen molar-refractivity contribution in [3.05, 3.63) is 11.1 Å². The molecule has 1 saturated heterocycles. The monoisotopic (exact) mass is 222 g/mol. The van der Waals surface area contributed by atoms with E-state index in [2.05, 4.69) is 5.32 Å². The zero-order chi connectivity index (χ0) is 11.5. The summed E-state index contributed by atoms with van der Waals surface area (Å²) in [5.41, 5.74) is 3.19. The van der Waals surface area contributed by atoms with E-state index in [0.717, 1.165) is 25.9 Å². The van der Waals surface area contributed by atoms with Gasteiger partial charge in [-0.2, -0.15) is 0 Å². The van der Waals surface area contributed by atoms with Crippen LogP contribution in [0, 0.1) is 0 Å². The second kappa shape index (κ2) is 4.68. The number of nitrogens with one attached hydrogen (secondary N) is 1. The molecule has 2 aliphatic rings. The van der Waals surface area contributed by atoms with Crippen LogP contribution >= 0.6 is 0 Å². The van der Waals surface area contributed by atoms with Gasteiger partial charge in [-0.05, 0) is 25.7 Å². The van der Waals surface area contributed by atoms with Gasteiger partial charge in [0.1, 0.15) is 0 Å². The van der Waals surface area contributed by atoms with Gasteiger partial charge >= 0.3 is 0 Å². The predicted octanol–water partition coefficient (Wildman–Crippen LogP) is 0.835. The van der Waals surface area contributed by atoms with Gasteiger partial charge in [0.15, 0.2) is 0 Å². The van der Waals surface area contributed by atoms with Crippen molar-refractivity contribution in [2.45, 2.75) is 32.6 Å². The van der Waals surface area contributed by atoms with Crippen molar-refractivity contribution < 1.29 is 9.59 Å². The van der Waals surface area contributed by atoms with Crippen LogP contribution in [0.2, 0.25) is 0 Å². The standard InChI is InChI=1S/C12H18N2O2/c1-9(15)13-8-12(16)14-6-4-11(5-7-14)10-2-3-10/h2-8H2,1H3,(H,13,15). The number of amides is 2. The van der Waals surface area contributed by atoms with Crippen molar-refractivity contribution in [3.63, 3.8) is 0 Å². The summed E-state index contributed by atoms with van der Waals surface area (Å²) in [6, 6.07) is 0. The molecule has 1 saturated carbocycles. The summed E-state index contributed by atoms with van der Waals surface area (Å²) >= 11 is 0. The van der Waals surface area contributed by atoms with E-state index < -0.39 is 0 Å². The Labute approximate surface area is 95.7 Å². The number of likely N-dealkylation sites (tertiary alicyclic amines) is 1. The molecular weight excluding hydrogens is 204 g/mol.